The van der Waals surface area contributed by atoms with Crippen LogP contribution in [0.5, 0.6) is 0 Å². The zero-order valence-electron chi connectivity index (χ0n) is 13.5. The molecule has 0 unspecified atom stereocenters. The molecular weight excluding hydrogens is 300 g/mol. The summed E-state index contributed by atoms with van der Waals surface area (Å²) in [6.45, 7) is 0.414. The fraction of sp³-hybridized carbons (Fsp3) is 0.211. The first-order chi connectivity index (χ1) is 11.7. The maximum atomic E-state index is 12.0. The van der Waals surface area contributed by atoms with Crippen LogP contribution in [0.3, 0.4) is 0 Å². The first-order valence-corrected chi connectivity index (χ1v) is 7.83. The van der Waals surface area contributed by atoms with E-state index in [1.54, 1.807) is 12.1 Å². The molecule has 1 aromatic heterocycles. The summed E-state index contributed by atoms with van der Waals surface area (Å²) in [7, 11) is 1.95. The minimum Gasteiger partial charge on any atom is -0.349 e. The van der Waals surface area contributed by atoms with E-state index in [2.05, 4.69) is 16.4 Å². The summed E-state index contributed by atoms with van der Waals surface area (Å²) < 4.78 is 2.00. The summed E-state index contributed by atoms with van der Waals surface area (Å²) in [5, 5.41) is 11.7. The van der Waals surface area contributed by atoms with Gasteiger partial charge in [0.05, 0.1) is 29.2 Å². The largest absolute Gasteiger partial charge is 0.349 e. The summed E-state index contributed by atoms with van der Waals surface area (Å²) in [6.07, 6.45) is 1.07. The van der Waals surface area contributed by atoms with Crippen LogP contribution < -0.4 is 5.32 Å². The number of amides is 1. The zero-order valence-corrected chi connectivity index (χ0v) is 13.5. The van der Waals surface area contributed by atoms with Crippen molar-refractivity contribution in [2.24, 2.45) is 7.05 Å². The Balaban J connectivity index is 1.55. The molecule has 0 bridgehead atoms. The highest BCUT2D eigenvalue weighted by atomic mass is 16.1. The Labute approximate surface area is 140 Å². The van der Waals surface area contributed by atoms with Gasteiger partial charge in [-0.15, -0.1) is 0 Å². The average Bonchev–Trinajstić information content (AvgIpc) is 2.95. The fourth-order valence-electron chi connectivity index (χ4n) is 2.62. The number of carbonyl (C=O) groups is 1. The number of carbonyl (C=O) groups excluding carboxylic acids is 1. The molecule has 24 heavy (non-hydrogen) atoms. The van der Waals surface area contributed by atoms with E-state index in [-0.39, 0.29) is 5.91 Å². The van der Waals surface area contributed by atoms with Gasteiger partial charge in [-0.2, -0.15) is 5.26 Å². The van der Waals surface area contributed by atoms with E-state index in [0.29, 0.717) is 24.9 Å². The van der Waals surface area contributed by atoms with E-state index in [1.807, 2.05) is 48.0 Å². The molecule has 2 aromatic carbocycles. The molecule has 0 saturated carbocycles. The Hall–Kier alpha value is -3.13. The van der Waals surface area contributed by atoms with Gasteiger partial charge < -0.3 is 9.88 Å². The Morgan fingerprint density at radius 2 is 1.96 bits per heavy atom. The first kappa shape index (κ1) is 15.8. The van der Waals surface area contributed by atoms with E-state index >= 15 is 0 Å². The molecule has 1 heterocycles. The molecule has 1 N–H and O–H groups in total. The van der Waals surface area contributed by atoms with E-state index in [0.717, 1.165) is 22.4 Å². The number of nitrogens with one attached hydrogen (secondary N) is 1. The van der Waals surface area contributed by atoms with Gasteiger partial charge in [0.1, 0.15) is 5.82 Å². The van der Waals surface area contributed by atoms with Crippen LogP contribution in [0.1, 0.15) is 23.4 Å². The second-order valence-electron chi connectivity index (χ2n) is 5.66. The van der Waals surface area contributed by atoms with Crippen LogP contribution in [-0.4, -0.2) is 15.5 Å². The lowest BCUT2D eigenvalue weighted by Crippen LogP contribution is -2.24. The van der Waals surface area contributed by atoms with Crippen molar-refractivity contribution in [3.8, 4) is 6.07 Å². The summed E-state index contributed by atoms with van der Waals surface area (Å²) >= 11 is 0. The molecule has 0 aliphatic heterocycles. The van der Waals surface area contributed by atoms with E-state index < -0.39 is 0 Å². The molecule has 0 aliphatic rings. The SMILES string of the molecule is Cn1c(CNC(=O)CCc2ccc(C#N)cc2)nc2ccccc21. The number of imidazole rings is 1. The van der Waals surface area contributed by atoms with Crippen molar-refractivity contribution in [3.05, 3.63) is 65.5 Å². The summed E-state index contributed by atoms with van der Waals surface area (Å²) in [5.41, 5.74) is 3.66. The zero-order chi connectivity index (χ0) is 16.9. The van der Waals surface area contributed by atoms with Gasteiger partial charge in [-0.05, 0) is 36.2 Å². The van der Waals surface area contributed by atoms with Gasteiger partial charge in [0, 0.05) is 13.5 Å². The number of nitrogens with zero attached hydrogens (tertiary/aromatic N) is 3. The molecule has 0 radical (unpaired) electrons. The summed E-state index contributed by atoms with van der Waals surface area (Å²) in [5.74, 6) is 0.828. The van der Waals surface area contributed by atoms with Crippen LogP contribution in [0.4, 0.5) is 0 Å². The third kappa shape index (κ3) is 3.44. The molecule has 0 aliphatic carbocycles. The van der Waals surface area contributed by atoms with Crippen molar-refractivity contribution in [2.45, 2.75) is 19.4 Å². The Bertz CT molecular complexity index is 903. The van der Waals surface area contributed by atoms with Gasteiger partial charge in [-0.25, -0.2) is 4.98 Å². The topological polar surface area (TPSA) is 70.7 Å². The number of benzene rings is 2. The number of aryl methyl sites for hydroxylation is 2. The predicted molar refractivity (Wildman–Crippen MR) is 92.0 cm³/mol. The van der Waals surface area contributed by atoms with E-state index in [4.69, 9.17) is 5.26 Å². The number of nitriles is 1. The summed E-state index contributed by atoms with van der Waals surface area (Å²) in [4.78, 5) is 16.6. The number of fused-ring (bicyclic) bond motifs is 1. The van der Waals surface area contributed by atoms with Crippen LogP contribution in [-0.2, 0) is 24.8 Å². The highest BCUT2D eigenvalue weighted by molar-refractivity contribution is 5.77. The van der Waals surface area contributed by atoms with Crippen molar-refractivity contribution in [2.75, 3.05) is 0 Å². The summed E-state index contributed by atoms with van der Waals surface area (Å²) in [6, 6.07) is 17.3. The van der Waals surface area contributed by atoms with Crippen LogP contribution in [0, 0.1) is 11.3 Å². The van der Waals surface area contributed by atoms with Crippen molar-refractivity contribution in [1.29, 1.82) is 5.26 Å². The van der Waals surface area contributed by atoms with Crippen molar-refractivity contribution >= 4 is 16.9 Å². The molecule has 120 valence electrons. The molecule has 5 nitrogen and oxygen atoms in total. The number of para-hydroxylation sites is 2. The standard InChI is InChI=1S/C19H18N4O/c1-23-17-5-3-2-4-16(17)22-18(23)13-21-19(24)11-10-14-6-8-15(12-20)9-7-14/h2-9H,10-11,13H2,1H3,(H,21,24). The average molecular weight is 318 g/mol. The number of rotatable bonds is 5. The first-order valence-electron chi connectivity index (χ1n) is 7.83. The third-order valence-corrected chi connectivity index (χ3v) is 4.05. The van der Waals surface area contributed by atoms with Crippen LogP contribution in [0.25, 0.3) is 11.0 Å². The lowest BCUT2D eigenvalue weighted by atomic mass is 10.1. The van der Waals surface area contributed by atoms with Gasteiger partial charge in [-0.3, -0.25) is 4.79 Å². The minimum absolute atomic E-state index is 0.00795. The highest BCUT2D eigenvalue weighted by Gasteiger charge is 2.08. The molecule has 0 spiro atoms. The molecule has 5 heteroatoms. The molecule has 1 amide bonds. The monoisotopic (exact) mass is 318 g/mol. The molecule has 0 fully saturated rings. The predicted octanol–water partition coefficient (Wildman–Crippen LogP) is 2.69. The van der Waals surface area contributed by atoms with Crippen molar-refractivity contribution in [1.82, 2.24) is 14.9 Å². The molecule has 0 atom stereocenters. The van der Waals surface area contributed by atoms with Gasteiger partial charge in [0.2, 0.25) is 5.91 Å². The van der Waals surface area contributed by atoms with Crippen molar-refractivity contribution in [3.63, 3.8) is 0 Å². The molecule has 3 rings (SSSR count). The van der Waals surface area contributed by atoms with Gasteiger partial charge >= 0.3 is 0 Å². The van der Waals surface area contributed by atoms with E-state index in [1.165, 1.54) is 0 Å². The minimum atomic E-state index is -0.00795. The smallest absolute Gasteiger partial charge is 0.220 e. The molecular formula is C19H18N4O. The van der Waals surface area contributed by atoms with Crippen LogP contribution in [0.15, 0.2) is 48.5 Å². The van der Waals surface area contributed by atoms with Crippen molar-refractivity contribution < 1.29 is 4.79 Å². The number of hydrogen-bond donors (Lipinski definition) is 1. The van der Waals surface area contributed by atoms with E-state index in [9.17, 15) is 4.79 Å². The number of hydrogen-bond acceptors (Lipinski definition) is 3. The van der Waals surface area contributed by atoms with Gasteiger partial charge in [0.25, 0.3) is 0 Å². The molecule has 3 aromatic rings. The Morgan fingerprint density at radius 1 is 1.21 bits per heavy atom. The van der Waals surface area contributed by atoms with Gasteiger partial charge in [0.15, 0.2) is 0 Å². The second kappa shape index (κ2) is 6.97. The third-order valence-electron chi connectivity index (χ3n) is 4.05. The Morgan fingerprint density at radius 3 is 2.67 bits per heavy atom. The fourth-order valence-corrected chi connectivity index (χ4v) is 2.62. The Kier molecular flexibility index (Phi) is 4.57. The highest BCUT2D eigenvalue weighted by Crippen LogP contribution is 2.14. The second-order valence-corrected chi connectivity index (χ2v) is 5.66. The maximum absolute atomic E-state index is 12.0. The lowest BCUT2D eigenvalue weighted by Gasteiger charge is -2.06. The van der Waals surface area contributed by atoms with Crippen LogP contribution >= 0.6 is 0 Å². The van der Waals surface area contributed by atoms with Gasteiger partial charge in [-0.1, -0.05) is 24.3 Å². The normalized spacial score (nSPS) is 10.5. The lowest BCUT2D eigenvalue weighted by molar-refractivity contribution is -0.121. The number of aromatic nitrogens is 2. The maximum Gasteiger partial charge on any atom is 0.220 e. The quantitative estimate of drug-likeness (QED) is 0.786. The molecule has 0 saturated heterocycles. The van der Waals surface area contributed by atoms with Crippen LogP contribution in [0.2, 0.25) is 0 Å².